The van der Waals surface area contributed by atoms with Crippen LogP contribution in [0.1, 0.15) is 26.5 Å². The molecule has 0 radical (unpaired) electrons. The number of benzene rings is 3. The summed E-state index contributed by atoms with van der Waals surface area (Å²) >= 11 is 0. The summed E-state index contributed by atoms with van der Waals surface area (Å²) in [5.74, 6) is 0.474. The van der Waals surface area contributed by atoms with E-state index in [0.29, 0.717) is 34.2 Å². The summed E-state index contributed by atoms with van der Waals surface area (Å²) in [6.45, 7) is 6.75. The molecule has 0 spiro atoms. The van der Waals surface area contributed by atoms with Gasteiger partial charge in [-0.3, -0.25) is 9.59 Å². The second-order valence-electron chi connectivity index (χ2n) is 10.1. The molecule has 0 atom stereocenters. The van der Waals surface area contributed by atoms with E-state index in [1.54, 1.807) is 18.2 Å². The molecule has 6 nitrogen and oxygen atoms in total. The van der Waals surface area contributed by atoms with Gasteiger partial charge in [-0.05, 0) is 41.1 Å². The Morgan fingerprint density at radius 2 is 1.46 bits per heavy atom. The molecule has 0 unspecified atom stereocenters. The molecule has 0 saturated heterocycles. The molecule has 0 aliphatic heterocycles. The third kappa shape index (κ3) is 3.64. The van der Waals surface area contributed by atoms with Gasteiger partial charge >= 0.3 is 0 Å². The smallest absolute Gasteiger partial charge is 0.267 e. The fraction of sp³-hybridized carbons (Fsp3) is 0.143. The molecule has 7 heteroatoms. The maximum atomic E-state index is 13.3. The minimum Gasteiger partial charge on any atom is -0.416 e. The molecule has 0 saturated carbocycles. The highest BCUT2D eigenvalue weighted by atomic mass is 28.3. The third-order valence-electron chi connectivity index (χ3n) is 6.13. The highest BCUT2D eigenvalue weighted by Gasteiger charge is 2.34. The minimum absolute atomic E-state index is 0.128. The van der Waals surface area contributed by atoms with E-state index < -0.39 is 8.07 Å². The van der Waals surface area contributed by atoms with Crippen molar-refractivity contribution in [3.05, 3.63) is 89.3 Å². The van der Waals surface area contributed by atoms with E-state index in [1.165, 1.54) is 0 Å². The van der Waals surface area contributed by atoms with Crippen molar-refractivity contribution in [2.75, 3.05) is 0 Å². The Morgan fingerprint density at radius 3 is 2.06 bits per heavy atom. The monoisotopic (exact) mass is 477 g/mol. The van der Waals surface area contributed by atoms with Crippen LogP contribution in [0, 0.1) is 0 Å². The van der Waals surface area contributed by atoms with E-state index in [4.69, 9.17) is 9.40 Å². The number of nitrogens with zero attached hydrogens (tertiary/aromatic N) is 3. The maximum absolute atomic E-state index is 13.3. The zero-order valence-corrected chi connectivity index (χ0v) is 20.7. The first-order valence-corrected chi connectivity index (χ1v) is 15.3. The van der Waals surface area contributed by atoms with Gasteiger partial charge in [0.05, 0.1) is 13.6 Å². The van der Waals surface area contributed by atoms with Gasteiger partial charge in [-0.2, -0.15) is 9.97 Å². The number of hydrogen-bond acceptors (Lipinski definition) is 5. The van der Waals surface area contributed by atoms with Crippen molar-refractivity contribution in [2.24, 2.45) is 0 Å². The van der Waals surface area contributed by atoms with Crippen LogP contribution in [-0.2, 0) is 6.17 Å². The predicted molar refractivity (Wildman–Crippen MR) is 139 cm³/mol. The Balaban J connectivity index is 1.48. The largest absolute Gasteiger partial charge is 0.416 e. The zero-order valence-electron chi connectivity index (χ0n) is 19.7. The van der Waals surface area contributed by atoms with Gasteiger partial charge in [0.2, 0.25) is 11.5 Å². The first-order valence-electron chi connectivity index (χ1n) is 11.5. The normalized spacial score (nSPS) is 13.7. The summed E-state index contributed by atoms with van der Waals surface area (Å²) in [6.07, 6.45) is 2.33. The van der Waals surface area contributed by atoms with Crippen molar-refractivity contribution in [1.82, 2.24) is 14.5 Å². The Labute approximate surface area is 202 Å². The van der Waals surface area contributed by atoms with E-state index in [2.05, 4.69) is 24.6 Å². The van der Waals surface area contributed by atoms with Crippen molar-refractivity contribution in [3.8, 4) is 11.5 Å². The first-order chi connectivity index (χ1) is 16.8. The molecule has 2 heterocycles. The number of oxazole rings is 1. The molecule has 172 valence electrons. The highest BCUT2D eigenvalue weighted by Crippen LogP contribution is 2.33. The lowest BCUT2D eigenvalue weighted by atomic mass is 10.0. The second-order valence-corrected chi connectivity index (χ2v) is 15.5. The van der Waals surface area contributed by atoms with Crippen molar-refractivity contribution in [1.29, 1.82) is 0 Å². The molecular weight excluding hydrogens is 454 g/mol. The average Bonchev–Trinajstić information content (AvgIpc) is 3.45. The number of carbonyl (C=O) groups excluding carboxylic acids is 2. The Hall–Kier alpha value is -4.10. The first kappa shape index (κ1) is 21.4. The summed E-state index contributed by atoms with van der Waals surface area (Å²) < 4.78 is 7.99. The zero-order chi connectivity index (χ0) is 24.3. The van der Waals surface area contributed by atoms with Gasteiger partial charge < -0.3 is 8.98 Å². The molecule has 6 rings (SSSR count). The number of imidazole rings is 1. The van der Waals surface area contributed by atoms with Crippen LogP contribution in [0.5, 0.6) is 0 Å². The average molecular weight is 478 g/mol. The molecule has 2 aromatic heterocycles. The lowest BCUT2D eigenvalue weighted by Crippen LogP contribution is -2.28. The van der Waals surface area contributed by atoms with Crippen LogP contribution in [-0.4, -0.2) is 34.2 Å². The van der Waals surface area contributed by atoms with E-state index in [-0.39, 0.29) is 17.1 Å². The third-order valence-corrected chi connectivity index (χ3v) is 7.40. The van der Waals surface area contributed by atoms with Crippen molar-refractivity contribution < 1.29 is 14.0 Å². The van der Waals surface area contributed by atoms with Gasteiger partial charge in [0, 0.05) is 22.9 Å². The Kier molecular flexibility index (Phi) is 4.72. The van der Waals surface area contributed by atoms with Crippen LogP contribution in [0.4, 0.5) is 0 Å². The Morgan fingerprint density at radius 1 is 0.857 bits per heavy atom. The fourth-order valence-corrected chi connectivity index (χ4v) is 5.80. The standard InChI is InChI=1S/C28H23N3O3Si/c1-35(2,3)16-31-23(29-28-26(31)30-27(34-28)17-9-5-4-6-10-17)15-22-24(32)20-13-18-11-7-8-12-19(18)14-21(20)25(22)33/h4-15H,16H2,1-3H3. The van der Waals surface area contributed by atoms with Crippen LogP contribution in [0.15, 0.2) is 76.7 Å². The van der Waals surface area contributed by atoms with E-state index in [0.717, 1.165) is 22.5 Å². The van der Waals surface area contributed by atoms with Crippen LogP contribution in [0.3, 0.4) is 0 Å². The SMILES string of the molecule is C[Si](C)(C)Cn1c(C=C2C(=O)c3cc4ccccc4cc3C2=O)nc2oc(-c3ccccc3)nc21. The van der Waals surface area contributed by atoms with Crippen molar-refractivity contribution >= 4 is 47.8 Å². The summed E-state index contributed by atoms with van der Waals surface area (Å²) in [5, 5.41) is 1.87. The van der Waals surface area contributed by atoms with Gasteiger partial charge in [-0.1, -0.05) is 62.1 Å². The molecule has 1 aliphatic carbocycles. The van der Waals surface area contributed by atoms with Gasteiger partial charge in [0.15, 0.2) is 11.6 Å². The van der Waals surface area contributed by atoms with Crippen molar-refractivity contribution in [3.63, 3.8) is 0 Å². The number of Topliss-reactive ketones (excluding diaryl/α,β-unsaturated/α-hetero) is 2. The number of allylic oxidation sites excluding steroid dienone is 1. The van der Waals surface area contributed by atoms with E-state index in [1.807, 2.05) is 59.2 Å². The van der Waals surface area contributed by atoms with E-state index >= 15 is 0 Å². The lowest BCUT2D eigenvalue weighted by Gasteiger charge is -2.17. The molecule has 0 amide bonds. The molecular formula is C28H23N3O3Si. The topological polar surface area (TPSA) is 78.0 Å². The molecule has 0 fully saturated rings. The minimum atomic E-state index is -1.62. The number of ketones is 2. The second kappa shape index (κ2) is 7.71. The Bertz CT molecular complexity index is 1630. The summed E-state index contributed by atoms with van der Waals surface area (Å²) in [7, 11) is -1.62. The molecule has 0 bridgehead atoms. The van der Waals surface area contributed by atoms with Crippen LogP contribution >= 0.6 is 0 Å². The highest BCUT2D eigenvalue weighted by molar-refractivity contribution is 6.75. The molecule has 3 aromatic carbocycles. The molecule has 5 aromatic rings. The number of aromatic nitrogens is 3. The number of fused-ring (bicyclic) bond motifs is 3. The lowest BCUT2D eigenvalue weighted by molar-refractivity contribution is 0.0990. The number of carbonyl (C=O) groups is 2. The van der Waals surface area contributed by atoms with Gasteiger partial charge in [0.25, 0.3) is 5.71 Å². The molecule has 1 aliphatic rings. The van der Waals surface area contributed by atoms with Gasteiger partial charge in [-0.25, -0.2) is 0 Å². The summed E-state index contributed by atoms with van der Waals surface area (Å²) in [6, 6.07) is 21.0. The van der Waals surface area contributed by atoms with Crippen LogP contribution in [0.2, 0.25) is 19.6 Å². The maximum Gasteiger partial charge on any atom is 0.267 e. The number of hydrogen-bond donors (Lipinski definition) is 0. The van der Waals surface area contributed by atoms with Gasteiger partial charge in [0.1, 0.15) is 5.82 Å². The fourth-order valence-electron chi connectivity index (χ4n) is 4.54. The molecule has 0 N–H and O–H groups in total. The van der Waals surface area contributed by atoms with Crippen LogP contribution in [0.25, 0.3) is 39.7 Å². The summed E-state index contributed by atoms with van der Waals surface area (Å²) in [4.78, 5) is 36.0. The van der Waals surface area contributed by atoms with Gasteiger partial charge in [-0.15, -0.1) is 0 Å². The number of rotatable bonds is 4. The predicted octanol–water partition coefficient (Wildman–Crippen LogP) is 6.18. The quantitative estimate of drug-likeness (QED) is 0.175. The van der Waals surface area contributed by atoms with Crippen LogP contribution < -0.4 is 0 Å². The molecule has 35 heavy (non-hydrogen) atoms. The summed E-state index contributed by atoms with van der Waals surface area (Å²) in [5.41, 5.74) is 2.90. The van der Waals surface area contributed by atoms with E-state index in [9.17, 15) is 9.59 Å². The van der Waals surface area contributed by atoms with Crippen molar-refractivity contribution in [2.45, 2.75) is 25.8 Å².